The minimum absolute atomic E-state index is 0.121. The van der Waals surface area contributed by atoms with E-state index in [1.165, 1.54) is 18.2 Å². The van der Waals surface area contributed by atoms with Crippen molar-refractivity contribution in [2.24, 2.45) is 7.05 Å². The number of aromatic nitrogens is 2. The Bertz CT molecular complexity index is 729. The minimum Gasteiger partial charge on any atom is -0.346 e. The number of anilines is 1. The van der Waals surface area contributed by atoms with Crippen LogP contribution in [0.15, 0.2) is 36.7 Å². The van der Waals surface area contributed by atoms with Crippen LogP contribution in [0.5, 0.6) is 0 Å². The lowest BCUT2D eigenvalue weighted by atomic mass is 10.1. The normalized spacial score (nSPS) is 12.0. The number of hydrogen-bond donors (Lipinski definition) is 2. The maximum atomic E-state index is 13.1. The molecule has 0 saturated heterocycles. The number of amides is 2. The Hall–Kier alpha value is -2.74. The van der Waals surface area contributed by atoms with E-state index in [2.05, 4.69) is 15.7 Å². The van der Waals surface area contributed by atoms with Gasteiger partial charge in [-0.15, -0.1) is 0 Å². The summed E-state index contributed by atoms with van der Waals surface area (Å²) in [5.74, 6) is -2.11. The van der Waals surface area contributed by atoms with Crippen LogP contribution in [0.4, 0.5) is 10.1 Å². The van der Waals surface area contributed by atoms with Gasteiger partial charge in [0, 0.05) is 31.0 Å². The zero-order valence-electron chi connectivity index (χ0n) is 13.8. The molecule has 2 N–H and O–H groups in total. The van der Waals surface area contributed by atoms with Crippen LogP contribution in [0, 0.1) is 5.82 Å². The quantitative estimate of drug-likeness (QED) is 0.798. The first kappa shape index (κ1) is 17.6. The van der Waals surface area contributed by atoms with E-state index in [1.807, 2.05) is 25.2 Å². The molecule has 1 aromatic heterocycles. The second-order valence-electron chi connectivity index (χ2n) is 5.60. The van der Waals surface area contributed by atoms with Crippen molar-refractivity contribution in [2.45, 2.75) is 6.04 Å². The summed E-state index contributed by atoms with van der Waals surface area (Å²) in [7, 11) is 5.55. The fourth-order valence-corrected chi connectivity index (χ4v) is 2.23. The predicted molar refractivity (Wildman–Crippen MR) is 87.7 cm³/mol. The van der Waals surface area contributed by atoms with Gasteiger partial charge in [0.05, 0.1) is 12.2 Å². The lowest BCUT2D eigenvalue weighted by Crippen LogP contribution is -2.40. The average Bonchev–Trinajstić information content (AvgIpc) is 2.93. The monoisotopic (exact) mass is 333 g/mol. The molecule has 8 heteroatoms. The third kappa shape index (κ3) is 4.63. The third-order valence-corrected chi connectivity index (χ3v) is 3.48. The molecule has 7 nitrogen and oxygen atoms in total. The summed E-state index contributed by atoms with van der Waals surface area (Å²) < 4.78 is 14.8. The molecular weight excluding hydrogens is 313 g/mol. The molecule has 0 radical (unpaired) electrons. The van der Waals surface area contributed by atoms with Gasteiger partial charge >= 0.3 is 11.8 Å². The first-order valence-corrected chi connectivity index (χ1v) is 7.36. The summed E-state index contributed by atoms with van der Waals surface area (Å²) in [6.07, 6.45) is 3.56. The van der Waals surface area contributed by atoms with Crippen LogP contribution in [0.2, 0.25) is 0 Å². The molecule has 0 aliphatic heterocycles. The average molecular weight is 333 g/mol. The van der Waals surface area contributed by atoms with Gasteiger partial charge in [-0.25, -0.2) is 4.39 Å². The molecule has 0 aliphatic carbocycles. The van der Waals surface area contributed by atoms with Crippen LogP contribution in [0.3, 0.4) is 0 Å². The van der Waals surface area contributed by atoms with E-state index in [9.17, 15) is 14.0 Å². The highest BCUT2D eigenvalue weighted by Gasteiger charge is 2.20. The lowest BCUT2D eigenvalue weighted by Gasteiger charge is -2.23. The fourth-order valence-electron chi connectivity index (χ4n) is 2.23. The molecule has 2 aromatic rings. The van der Waals surface area contributed by atoms with Gasteiger partial charge in [-0.05, 0) is 32.3 Å². The third-order valence-electron chi connectivity index (χ3n) is 3.48. The number of likely N-dealkylation sites (N-methyl/N-ethyl adjacent to an activating group) is 1. The zero-order valence-corrected chi connectivity index (χ0v) is 13.8. The van der Waals surface area contributed by atoms with E-state index < -0.39 is 17.6 Å². The van der Waals surface area contributed by atoms with Gasteiger partial charge in [-0.2, -0.15) is 5.10 Å². The van der Waals surface area contributed by atoms with Gasteiger partial charge < -0.3 is 15.5 Å². The first-order valence-electron chi connectivity index (χ1n) is 7.36. The molecule has 2 rings (SSSR count). The van der Waals surface area contributed by atoms with Gasteiger partial charge in [0.1, 0.15) is 5.82 Å². The molecule has 1 aromatic carbocycles. The maximum Gasteiger partial charge on any atom is 0.313 e. The second kappa shape index (κ2) is 7.69. The molecule has 1 atom stereocenters. The van der Waals surface area contributed by atoms with Crippen LogP contribution in [-0.2, 0) is 16.6 Å². The summed E-state index contributed by atoms with van der Waals surface area (Å²) in [5.41, 5.74) is 1.15. The van der Waals surface area contributed by atoms with E-state index in [0.717, 1.165) is 11.6 Å². The number of aryl methyl sites for hydroxylation is 1. The van der Waals surface area contributed by atoms with Crippen LogP contribution >= 0.6 is 0 Å². The summed E-state index contributed by atoms with van der Waals surface area (Å²) >= 11 is 0. The number of nitrogens with zero attached hydrogens (tertiary/aromatic N) is 3. The minimum atomic E-state index is -0.843. The maximum absolute atomic E-state index is 13.1. The molecule has 1 heterocycles. The van der Waals surface area contributed by atoms with E-state index >= 15 is 0 Å². The van der Waals surface area contributed by atoms with E-state index in [0.29, 0.717) is 0 Å². The first-order chi connectivity index (χ1) is 11.4. The topological polar surface area (TPSA) is 79.3 Å². The van der Waals surface area contributed by atoms with E-state index in [1.54, 1.807) is 17.9 Å². The highest BCUT2D eigenvalue weighted by Crippen LogP contribution is 2.16. The Balaban J connectivity index is 1.94. The number of benzene rings is 1. The molecule has 0 fully saturated rings. The number of nitrogens with one attached hydrogen (secondary N) is 2. The summed E-state index contributed by atoms with van der Waals surface area (Å²) in [6.45, 7) is 0.244. The van der Waals surface area contributed by atoms with Crippen molar-refractivity contribution in [1.82, 2.24) is 20.0 Å². The molecule has 1 unspecified atom stereocenters. The van der Waals surface area contributed by atoms with Crippen molar-refractivity contribution in [3.05, 3.63) is 48.0 Å². The van der Waals surface area contributed by atoms with Crippen molar-refractivity contribution in [2.75, 3.05) is 26.0 Å². The predicted octanol–water partition coefficient (Wildman–Crippen LogP) is 0.917. The number of carbonyl (C=O) groups excluding carboxylic acids is 2. The summed E-state index contributed by atoms with van der Waals surface area (Å²) in [4.78, 5) is 25.7. The SMILES string of the molecule is CN(C)C(CNC(=O)C(=O)Nc1cccc(F)c1)c1cnn(C)c1. The number of carbonyl (C=O) groups is 2. The Morgan fingerprint density at radius 1 is 1.33 bits per heavy atom. The molecule has 2 amide bonds. The largest absolute Gasteiger partial charge is 0.346 e. The van der Waals surface area contributed by atoms with E-state index in [4.69, 9.17) is 0 Å². The zero-order chi connectivity index (χ0) is 17.7. The number of rotatable bonds is 5. The van der Waals surface area contributed by atoms with Gasteiger partial charge in [0.15, 0.2) is 0 Å². The lowest BCUT2D eigenvalue weighted by molar-refractivity contribution is -0.136. The second-order valence-corrected chi connectivity index (χ2v) is 5.60. The standard InChI is InChI=1S/C16H20FN5O2/c1-21(2)14(11-8-19-22(3)10-11)9-18-15(23)16(24)20-13-6-4-5-12(17)7-13/h4-8,10,14H,9H2,1-3H3,(H,18,23)(H,20,24). The number of halogens is 1. The Labute approximate surface area is 139 Å². The van der Waals surface area contributed by atoms with Crippen LogP contribution < -0.4 is 10.6 Å². The smallest absolute Gasteiger partial charge is 0.313 e. The summed E-state index contributed by atoms with van der Waals surface area (Å²) in [6, 6.07) is 5.24. The van der Waals surface area contributed by atoms with Crippen LogP contribution in [-0.4, -0.2) is 47.1 Å². The molecule has 128 valence electrons. The van der Waals surface area contributed by atoms with Gasteiger partial charge in [-0.3, -0.25) is 14.3 Å². The molecule has 0 bridgehead atoms. The molecule has 24 heavy (non-hydrogen) atoms. The van der Waals surface area contributed by atoms with E-state index in [-0.39, 0.29) is 18.3 Å². The van der Waals surface area contributed by atoms with Crippen molar-refractivity contribution in [3.8, 4) is 0 Å². The Morgan fingerprint density at radius 3 is 2.67 bits per heavy atom. The van der Waals surface area contributed by atoms with Gasteiger partial charge in [-0.1, -0.05) is 6.07 Å². The van der Waals surface area contributed by atoms with Gasteiger partial charge in [0.2, 0.25) is 0 Å². The van der Waals surface area contributed by atoms with Crippen LogP contribution in [0.25, 0.3) is 0 Å². The van der Waals surface area contributed by atoms with Crippen molar-refractivity contribution >= 4 is 17.5 Å². The van der Waals surface area contributed by atoms with Crippen LogP contribution in [0.1, 0.15) is 11.6 Å². The summed E-state index contributed by atoms with van der Waals surface area (Å²) in [5, 5.41) is 9.05. The Morgan fingerprint density at radius 2 is 2.08 bits per heavy atom. The highest BCUT2D eigenvalue weighted by molar-refractivity contribution is 6.39. The van der Waals surface area contributed by atoms with Crippen molar-refractivity contribution < 1.29 is 14.0 Å². The highest BCUT2D eigenvalue weighted by atomic mass is 19.1. The molecule has 0 spiro atoms. The Kier molecular flexibility index (Phi) is 5.64. The van der Waals surface area contributed by atoms with Crippen molar-refractivity contribution in [3.63, 3.8) is 0 Å². The van der Waals surface area contributed by atoms with Crippen molar-refractivity contribution in [1.29, 1.82) is 0 Å². The molecule has 0 saturated carbocycles. The molecule has 0 aliphatic rings. The van der Waals surface area contributed by atoms with Gasteiger partial charge in [0.25, 0.3) is 0 Å². The number of hydrogen-bond acceptors (Lipinski definition) is 4. The fraction of sp³-hybridized carbons (Fsp3) is 0.312. The molecular formula is C16H20FN5O2.